The molecule has 0 saturated carbocycles. The number of rotatable bonds is 6. The number of anilines is 1. The largest absolute Gasteiger partial charge is 0.362 e. The average Bonchev–Trinajstić information content (AvgIpc) is 2.90. The first-order valence-electron chi connectivity index (χ1n) is 7.10. The van der Waals surface area contributed by atoms with Crippen LogP contribution in [0.3, 0.4) is 0 Å². The zero-order valence-electron chi connectivity index (χ0n) is 12.3. The van der Waals surface area contributed by atoms with Crippen molar-refractivity contribution in [1.29, 1.82) is 0 Å². The SMILES string of the molecule is CCCCNC(=S)Nc1cnn(Cc2c(F)cccc2Cl)c1. The molecule has 4 nitrogen and oxygen atoms in total. The fraction of sp³-hybridized carbons (Fsp3) is 0.333. The molecule has 22 heavy (non-hydrogen) atoms. The van der Waals surface area contributed by atoms with E-state index in [1.807, 2.05) is 0 Å². The molecule has 0 aliphatic heterocycles. The van der Waals surface area contributed by atoms with E-state index in [4.69, 9.17) is 23.8 Å². The van der Waals surface area contributed by atoms with E-state index < -0.39 is 0 Å². The average molecular weight is 341 g/mol. The van der Waals surface area contributed by atoms with Crippen molar-refractivity contribution in [3.05, 3.63) is 47.0 Å². The third kappa shape index (κ3) is 4.68. The molecule has 1 aromatic carbocycles. The Hall–Kier alpha value is -1.66. The molecule has 2 aromatic rings. The third-order valence-electron chi connectivity index (χ3n) is 3.09. The number of nitrogens with one attached hydrogen (secondary N) is 2. The van der Waals surface area contributed by atoms with Gasteiger partial charge in [0.15, 0.2) is 5.11 Å². The van der Waals surface area contributed by atoms with Crippen LogP contribution in [0.15, 0.2) is 30.6 Å². The van der Waals surface area contributed by atoms with Crippen LogP contribution in [0.25, 0.3) is 0 Å². The van der Waals surface area contributed by atoms with Gasteiger partial charge in [-0.05, 0) is 30.8 Å². The molecule has 1 aromatic heterocycles. The van der Waals surface area contributed by atoms with Crippen molar-refractivity contribution in [2.45, 2.75) is 26.3 Å². The predicted octanol–water partition coefficient (Wildman–Crippen LogP) is 3.81. The van der Waals surface area contributed by atoms with E-state index in [2.05, 4.69) is 22.7 Å². The van der Waals surface area contributed by atoms with E-state index in [-0.39, 0.29) is 12.4 Å². The van der Waals surface area contributed by atoms with Crippen molar-refractivity contribution < 1.29 is 4.39 Å². The summed E-state index contributed by atoms with van der Waals surface area (Å²) in [6.45, 7) is 3.22. The molecule has 0 bridgehead atoms. The molecule has 0 unspecified atom stereocenters. The second kappa shape index (κ2) is 8.10. The number of nitrogens with zero attached hydrogens (tertiary/aromatic N) is 2. The molecule has 2 N–H and O–H groups in total. The zero-order chi connectivity index (χ0) is 15.9. The van der Waals surface area contributed by atoms with Crippen molar-refractivity contribution in [3.8, 4) is 0 Å². The van der Waals surface area contributed by atoms with Crippen molar-refractivity contribution in [2.75, 3.05) is 11.9 Å². The Bertz CT molecular complexity index is 624. The molecule has 1 heterocycles. The topological polar surface area (TPSA) is 41.9 Å². The van der Waals surface area contributed by atoms with Crippen molar-refractivity contribution >= 4 is 34.6 Å². The first-order chi connectivity index (χ1) is 10.6. The molecule has 0 aliphatic rings. The van der Waals surface area contributed by atoms with E-state index in [1.165, 1.54) is 6.07 Å². The summed E-state index contributed by atoms with van der Waals surface area (Å²) in [5.41, 5.74) is 1.17. The van der Waals surface area contributed by atoms with Crippen molar-refractivity contribution in [1.82, 2.24) is 15.1 Å². The van der Waals surface area contributed by atoms with Gasteiger partial charge in [0.25, 0.3) is 0 Å². The fourth-order valence-corrected chi connectivity index (χ4v) is 2.36. The maximum Gasteiger partial charge on any atom is 0.170 e. The Labute approximate surface area is 139 Å². The van der Waals surface area contributed by atoms with Gasteiger partial charge in [-0.1, -0.05) is 31.0 Å². The Morgan fingerprint density at radius 1 is 1.45 bits per heavy atom. The van der Waals surface area contributed by atoms with Crippen LogP contribution in [-0.4, -0.2) is 21.4 Å². The predicted molar refractivity (Wildman–Crippen MR) is 91.9 cm³/mol. The molecule has 0 atom stereocenters. The highest BCUT2D eigenvalue weighted by atomic mass is 35.5. The maximum atomic E-state index is 13.8. The van der Waals surface area contributed by atoms with Gasteiger partial charge in [0.05, 0.1) is 18.4 Å². The molecule has 0 saturated heterocycles. The maximum absolute atomic E-state index is 13.8. The lowest BCUT2D eigenvalue weighted by Gasteiger charge is -2.08. The molecule has 2 rings (SSSR count). The highest BCUT2D eigenvalue weighted by Gasteiger charge is 2.09. The second-order valence-corrected chi connectivity index (χ2v) is 5.68. The minimum absolute atomic E-state index is 0.267. The van der Waals surface area contributed by atoms with E-state index in [0.717, 1.165) is 25.1 Å². The van der Waals surface area contributed by atoms with Crippen LogP contribution in [0.4, 0.5) is 10.1 Å². The van der Waals surface area contributed by atoms with Gasteiger partial charge >= 0.3 is 0 Å². The van der Waals surface area contributed by atoms with Crippen LogP contribution < -0.4 is 10.6 Å². The Kier molecular flexibility index (Phi) is 6.15. The normalized spacial score (nSPS) is 10.5. The summed E-state index contributed by atoms with van der Waals surface area (Å²) in [5.74, 6) is -0.339. The fourth-order valence-electron chi connectivity index (χ4n) is 1.91. The van der Waals surface area contributed by atoms with Crippen molar-refractivity contribution in [3.63, 3.8) is 0 Å². The molecular formula is C15H18ClFN4S. The van der Waals surface area contributed by atoms with Gasteiger partial charge in [-0.15, -0.1) is 0 Å². The molecule has 0 aliphatic carbocycles. The van der Waals surface area contributed by atoms with Gasteiger partial charge in [0.1, 0.15) is 5.82 Å². The quantitative estimate of drug-likeness (QED) is 0.620. The summed E-state index contributed by atoms with van der Waals surface area (Å²) < 4.78 is 15.4. The molecule has 0 fully saturated rings. The number of hydrogen-bond acceptors (Lipinski definition) is 2. The van der Waals surface area contributed by atoms with Gasteiger partial charge < -0.3 is 10.6 Å². The number of halogens is 2. The number of unbranched alkanes of at least 4 members (excludes halogenated alkanes) is 1. The Morgan fingerprint density at radius 3 is 3.00 bits per heavy atom. The van der Waals surface area contributed by atoms with Crippen LogP contribution in [0, 0.1) is 5.82 Å². The summed E-state index contributed by atoms with van der Waals surface area (Å²) in [7, 11) is 0. The molecular weight excluding hydrogens is 323 g/mol. The summed E-state index contributed by atoms with van der Waals surface area (Å²) >= 11 is 11.2. The first-order valence-corrected chi connectivity index (χ1v) is 7.89. The van der Waals surface area contributed by atoms with E-state index in [0.29, 0.717) is 15.7 Å². The molecule has 0 radical (unpaired) electrons. The summed E-state index contributed by atoms with van der Waals surface area (Å²) in [5, 5.41) is 11.3. The van der Waals surface area contributed by atoms with Gasteiger partial charge in [-0.2, -0.15) is 5.10 Å². The monoisotopic (exact) mass is 340 g/mol. The van der Waals surface area contributed by atoms with Gasteiger partial charge in [-0.3, -0.25) is 4.68 Å². The van der Waals surface area contributed by atoms with E-state index >= 15 is 0 Å². The van der Waals surface area contributed by atoms with Gasteiger partial charge in [-0.25, -0.2) is 4.39 Å². The molecule has 118 valence electrons. The lowest BCUT2D eigenvalue weighted by Crippen LogP contribution is -2.28. The number of hydrogen-bond donors (Lipinski definition) is 2. The minimum atomic E-state index is -0.339. The Morgan fingerprint density at radius 2 is 2.27 bits per heavy atom. The highest BCUT2D eigenvalue weighted by Crippen LogP contribution is 2.20. The second-order valence-electron chi connectivity index (χ2n) is 4.86. The number of aromatic nitrogens is 2. The van der Waals surface area contributed by atoms with Crippen LogP contribution in [0.1, 0.15) is 25.3 Å². The van der Waals surface area contributed by atoms with E-state index in [9.17, 15) is 4.39 Å². The Balaban J connectivity index is 1.95. The molecule has 0 spiro atoms. The highest BCUT2D eigenvalue weighted by molar-refractivity contribution is 7.80. The van der Waals surface area contributed by atoms with Crippen LogP contribution in [0.5, 0.6) is 0 Å². The van der Waals surface area contributed by atoms with Crippen LogP contribution >= 0.6 is 23.8 Å². The lowest BCUT2D eigenvalue weighted by molar-refractivity contribution is 0.585. The lowest BCUT2D eigenvalue weighted by atomic mass is 10.2. The van der Waals surface area contributed by atoms with Crippen LogP contribution in [-0.2, 0) is 6.54 Å². The third-order valence-corrected chi connectivity index (χ3v) is 3.69. The first kappa shape index (κ1) is 16.7. The smallest absolute Gasteiger partial charge is 0.170 e. The molecule has 7 heteroatoms. The zero-order valence-corrected chi connectivity index (χ0v) is 13.8. The molecule has 0 amide bonds. The number of benzene rings is 1. The minimum Gasteiger partial charge on any atom is -0.362 e. The van der Waals surface area contributed by atoms with Crippen LogP contribution in [0.2, 0.25) is 5.02 Å². The summed E-state index contributed by atoms with van der Waals surface area (Å²) in [6, 6.07) is 4.63. The van der Waals surface area contributed by atoms with Gasteiger partial charge in [0, 0.05) is 23.3 Å². The standard InChI is InChI=1S/C15H18ClFN4S/c1-2-3-7-18-15(22)20-11-8-19-21(9-11)10-12-13(16)5-4-6-14(12)17/h4-6,8-9H,2-3,7,10H2,1H3,(H2,18,20,22). The van der Waals surface area contributed by atoms with Gasteiger partial charge in [0.2, 0.25) is 0 Å². The summed E-state index contributed by atoms with van der Waals surface area (Å²) in [4.78, 5) is 0. The number of thiocarbonyl (C=S) groups is 1. The van der Waals surface area contributed by atoms with E-state index in [1.54, 1.807) is 29.2 Å². The summed E-state index contributed by atoms with van der Waals surface area (Å²) in [6.07, 6.45) is 5.57. The van der Waals surface area contributed by atoms with Crippen molar-refractivity contribution in [2.24, 2.45) is 0 Å².